The number of nitrogens with one attached hydrogen (secondary N) is 2. The Morgan fingerprint density at radius 1 is 0.929 bits per heavy atom. The van der Waals surface area contributed by atoms with Gasteiger partial charge in [-0.2, -0.15) is 4.98 Å². The molecule has 1 atom stereocenters. The second kappa shape index (κ2) is 11.7. The molecule has 1 aliphatic heterocycles. The van der Waals surface area contributed by atoms with Gasteiger partial charge in [0.15, 0.2) is 0 Å². The van der Waals surface area contributed by atoms with Crippen molar-refractivity contribution >= 4 is 30.0 Å². The molecule has 2 heterocycles. The Morgan fingerprint density at radius 3 is 2.31 bits per heavy atom. The van der Waals surface area contributed by atoms with Crippen LogP contribution >= 0.6 is 0 Å². The largest absolute Gasteiger partial charge is 0.467 e. The number of fused-ring (bicyclic) bond motifs is 4. The topological polar surface area (TPSA) is 110 Å². The van der Waals surface area contributed by atoms with Crippen molar-refractivity contribution in [2.24, 2.45) is 0 Å². The van der Waals surface area contributed by atoms with E-state index in [4.69, 9.17) is 4.74 Å². The fourth-order valence-electron chi connectivity index (χ4n) is 4.94. The molecule has 1 unspecified atom stereocenters. The molecule has 8 nitrogen and oxygen atoms in total. The van der Waals surface area contributed by atoms with Crippen molar-refractivity contribution in [3.8, 4) is 17.1 Å². The number of hydrogen-bond acceptors (Lipinski definition) is 6. The fraction of sp³-hybridized carbons (Fsp3) is 0.281. The molecule has 3 aromatic carbocycles. The van der Waals surface area contributed by atoms with Gasteiger partial charge in [-0.1, -0.05) is 74.2 Å². The van der Waals surface area contributed by atoms with Gasteiger partial charge in [-0.15, -0.1) is 0 Å². The molecular formula is C32H36N4O4SSi. The Kier molecular flexibility index (Phi) is 8.20. The van der Waals surface area contributed by atoms with Crippen LogP contribution in [0.5, 0.6) is 5.88 Å². The van der Waals surface area contributed by atoms with Gasteiger partial charge in [0.2, 0.25) is 11.8 Å². The van der Waals surface area contributed by atoms with E-state index < -0.39 is 30.1 Å². The van der Waals surface area contributed by atoms with Crippen molar-refractivity contribution < 1.29 is 17.9 Å². The Balaban J connectivity index is 1.59. The SMILES string of the molecule is Cc1cccc(C)c1-c1cc2nc(n1)NS(=O)(=O)c1cccc(c1)C(=O)NCC(c1ccc(CC[Si](C)(C)C)cc1)O2. The number of carbonyl (C=O) groups is 1. The lowest BCUT2D eigenvalue weighted by Gasteiger charge is -2.21. The second-order valence-electron chi connectivity index (χ2n) is 11.9. The number of amides is 1. The maximum atomic E-state index is 13.3. The van der Waals surface area contributed by atoms with Gasteiger partial charge in [-0.3, -0.25) is 4.79 Å². The molecule has 0 spiro atoms. The quantitative estimate of drug-likeness (QED) is 0.260. The molecule has 1 aromatic heterocycles. The van der Waals surface area contributed by atoms with Crippen LogP contribution in [-0.4, -0.2) is 38.9 Å². The minimum atomic E-state index is -4.10. The van der Waals surface area contributed by atoms with Crippen LogP contribution < -0.4 is 14.8 Å². The normalized spacial score (nSPS) is 16.6. The van der Waals surface area contributed by atoms with E-state index in [9.17, 15) is 13.2 Å². The molecule has 4 aromatic rings. The van der Waals surface area contributed by atoms with Crippen LogP contribution in [0.2, 0.25) is 25.7 Å². The summed E-state index contributed by atoms with van der Waals surface area (Å²) in [6, 6.07) is 23.0. The van der Waals surface area contributed by atoms with Gasteiger partial charge < -0.3 is 10.1 Å². The molecule has 10 heteroatoms. The Hall–Kier alpha value is -4.02. The van der Waals surface area contributed by atoms with Gasteiger partial charge in [-0.25, -0.2) is 18.1 Å². The number of rotatable bonds is 5. The van der Waals surface area contributed by atoms with Gasteiger partial charge in [0.05, 0.1) is 17.1 Å². The molecule has 0 radical (unpaired) electrons. The third-order valence-electron chi connectivity index (χ3n) is 7.30. The van der Waals surface area contributed by atoms with Gasteiger partial charge in [0.25, 0.3) is 15.9 Å². The van der Waals surface area contributed by atoms with E-state index in [1.165, 1.54) is 29.8 Å². The Morgan fingerprint density at radius 2 is 1.62 bits per heavy atom. The van der Waals surface area contributed by atoms with Crippen LogP contribution in [0.1, 0.15) is 38.7 Å². The molecule has 4 bridgehead atoms. The highest BCUT2D eigenvalue weighted by atomic mass is 32.2. The lowest BCUT2D eigenvalue weighted by atomic mass is 10.00. The Bertz CT molecular complexity index is 1710. The average molecular weight is 601 g/mol. The zero-order valence-corrected chi connectivity index (χ0v) is 26.4. The van der Waals surface area contributed by atoms with Crippen LogP contribution in [0.4, 0.5) is 5.95 Å². The first-order valence-electron chi connectivity index (χ1n) is 14.0. The molecule has 218 valence electrons. The molecule has 1 aliphatic rings. The van der Waals surface area contributed by atoms with E-state index in [0.717, 1.165) is 28.7 Å². The predicted molar refractivity (Wildman–Crippen MR) is 168 cm³/mol. The number of aryl methyl sites for hydroxylation is 3. The number of nitrogens with zero attached hydrogens (tertiary/aromatic N) is 2. The van der Waals surface area contributed by atoms with E-state index in [1.807, 2.05) is 44.2 Å². The maximum Gasteiger partial charge on any atom is 0.264 e. The summed E-state index contributed by atoms with van der Waals surface area (Å²) in [6.07, 6.45) is 0.428. The van der Waals surface area contributed by atoms with Crippen molar-refractivity contribution in [2.45, 2.75) is 57.0 Å². The first-order chi connectivity index (χ1) is 19.9. The van der Waals surface area contributed by atoms with Crippen molar-refractivity contribution in [1.29, 1.82) is 0 Å². The summed E-state index contributed by atoms with van der Waals surface area (Å²) in [7, 11) is -5.27. The maximum absolute atomic E-state index is 13.3. The van der Waals surface area contributed by atoms with Crippen molar-refractivity contribution in [1.82, 2.24) is 15.3 Å². The Labute approximate surface area is 248 Å². The number of ether oxygens (including phenoxy) is 1. The molecule has 0 aliphatic carbocycles. The number of benzene rings is 3. The molecule has 1 amide bonds. The molecule has 0 saturated carbocycles. The van der Waals surface area contributed by atoms with Crippen molar-refractivity contribution in [2.75, 3.05) is 11.3 Å². The van der Waals surface area contributed by atoms with Gasteiger partial charge in [0.1, 0.15) is 6.10 Å². The lowest BCUT2D eigenvalue weighted by Crippen LogP contribution is -2.31. The summed E-state index contributed by atoms with van der Waals surface area (Å²) in [5, 5.41) is 2.92. The third-order valence-corrected chi connectivity index (χ3v) is 10.4. The number of hydrogen-bond donors (Lipinski definition) is 2. The lowest BCUT2D eigenvalue weighted by molar-refractivity contribution is 0.0925. The van der Waals surface area contributed by atoms with Crippen LogP contribution in [0.3, 0.4) is 0 Å². The summed E-state index contributed by atoms with van der Waals surface area (Å²) in [5.74, 6) is -0.330. The number of carbonyl (C=O) groups excluding carboxylic acids is 1. The highest BCUT2D eigenvalue weighted by Crippen LogP contribution is 2.31. The smallest absolute Gasteiger partial charge is 0.264 e. The molecule has 42 heavy (non-hydrogen) atoms. The van der Waals surface area contributed by atoms with Crippen molar-refractivity contribution in [3.63, 3.8) is 0 Å². The second-order valence-corrected chi connectivity index (χ2v) is 19.2. The minimum absolute atomic E-state index is 0.0663. The number of anilines is 1. The summed E-state index contributed by atoms with van der Waals surface area (Å²) >= 11 is 0. The molecule has 0 saturated heterocycles. The van der Waals surface area contributed by atoms with Crippen LogP contribution in [-0.2, 0) is 16.4 Å². The number of sulfonamides is 1. The molecular weight excluding hydrogens is 565 g/mol. The zero-order valence-electron chi connectivity index (χ0n) is 24.6. The van der Waals surface area contributed by atoms with Crippen LogP contribution in [0, 0.1) is 13.8 Å². The summed E-state index contributed by atoms with van der Waals surface area (Å²) in [6.45, 7) is 11.2. The van der Waals surface area contributed by atoms with E-state index in [2.05, 4.69) is 51.8 Å². The summed E-state index contributed by atoms with van der Waals surface area (Å²) in [5.41, 5.74) is 5.71. The number of aromatic nitrogens is 2. The summed E-state index contributed by atoms with van der Waals surface area (Å²) in [4.78, 5) is 22.1. The minimum Gasteiger partial charge on any atom is -0.467 e. The van der Waals surface area contributed by atoms with E-state index in [0.29, 0.717) is 5.69 Å². The summed E-state index contributed by atoms with van der Waals surface area (Å²) < 4.78 is 35.6. The monoisotopic (exact) mass is 600 g/mol. The molecule has 2 N–H and O–H groups in total. The van der Waals surface area contributed by atoms with Crippen LogP contribution in [0.25, 0.3) is 11.3 Å². The van der Waals surface area contributed by atoms with Gasteiger partial charge in [0, 0.05) is 25.3 Å². The van der Waals surface area contributed by atoms with Crippen LogP contribution in [0.15, 0.2) is 77.7 Å². The van der Waals surface area contributed by atoms with E-state index in [-0.39, 0.29) is 28.8 Å². The standard InChI is InChI=1S/C32H36N4O4SSi/c1-21-8-6-9-22(2)30(21)27-19-29-35-32(34-27)36-41(38,39)26-11-7-10-25(18-26)31(37)33-20-28(40-29)24-14-12-23(13-15-24)16-17-42(3,4)5/h6-15,18-19,28H,16-17,20H2,1-5H3,(H,33,37)(H,34,35,36). The molecule has 0 fully saturated rings. The fourth-order valence-corrected chi connectivity index (χ4v) is 6.97. The highest BCUT2D eigenvalue weighted by Gasteiger charge is 2.24. The first kappa shape index (κ1) is 29.5. The average Bonchev–Trinajstić information content (AvgIpc) is 2.93. The highest BCUT2D eigenvalue weighted by molar-refractivity contribution is 7.92. The third kappa shape index (κ3) is 6.88. The zero-order chi connectivity index (χ0) is 30.1. The van der Waals surface area contributed by atoms with Gasteiger partial charge >= 0.3 is 0 Å². The predicted octanol–water partition coefficient (Wildman–Crippen LogP) is 6.31. The molecule has 5 rings (SSSR count). The first-order valence-corrected chi connectivity index (χ1v) is 19.2. The van der Waals surface area contributed by atoms with Crippen molar-refractivity contribution in [3.05, 3.63) is 101 Å². The van der Waals surface area contributed by atoms with E-state index in [1.54, 1.807) is 12.1 Å². The van der Waals surface area contributed by atoms with Gasteiger partial charge in [-0.05, 0) is 60.7 Å². The van der Waals surface area contributed by atoms with E-state index >= 15 is 0 Å².